The number of primary sulfonamides is 1. The highest BCUT2D eigenvalue weighted by atomic mass is 35.5. The second kappa shape index (κ2) is 6.01. The van der Waals surface area contributed by atoms with Crippen molar-refractivity contribution in [2.75, 3.05) is 5.32 Å². The van der Waals surface area contributed by atoms with Crippen molar-refractivity contribution in [3.05, 3.63) is 58.4 Å². The van der Waals surface area contributed by atoms with Gasteiger partial charge in [-0.1, -0.05) is 29.8 Å². The van der Waals surface area contributed by atoms with E-state index >= 15 is 0 Å². The zero-order valence-electron chi connectivity index (χ0n) is 11.2. The minimum atomic E-state index is -3.79. The molecule has 2 aromatic carbocycles. The van der Waals surface area contributed by atoms with Crippen molar-refractivity contribution >= 4 is 27.3 Å². The Balaban J connectivity index is 2.23. The smallest absolute Gasteiger partial charge is 0.238 e. The third-order valence-electron chi connectivity index (χ3n) is 3.01. The quantitative estimate of drug-likeness (QED) is 0.906. The summed E-state index contributed by atoms with van der Waals surface area (Å²) in [5.74, 6) is -0.495. The van der Waals surface area contributed by atoms with Crippen LogP contribution in [0.25, 0.3) is 0 Å². The predicted octanol–water partition coefficient (Wildman–Crippen LogP) is 3.05. The van der Waals surface area contributed by atoms with Gasteiger partial charge in [0.25, 0.3) is 0 Å². The van der Waals surface area contributed by atoms with Crippen LogP contribution in [-0.4, -0.2) is 8.42 Å². The van der Waals surface area contributed by atoms with Crippen molar-refractivity contribution < 1.29 is 12.8 Å². The van der Waals surface area contributed by atoms with E-state index in [1.807, 2.05) is 0 Å². The summed E-state index contributed by atoms with van der Waals surface area (Å²) in [4.78, 5) is 0.0408. The molecule has 4 nitrogen and oxygen atoms in total. The molecule has 0 fully saturated rings. The molecule has 0 spiro atoms. The van der Waals surface area contributed by atoms with E-state index in [1.54, 1.807) is 31.2 Å². The highest BCUT2D eigenvalue weighted by molar-refractivity contribution is 7.89. The van der Waals surface area contributed by atoms with E-state index in [1.165, 1.54) is 12.1 Å². The average Bonchev–Trinajstić information content (AvgIpc) is 2.40. The van der Waals surface area contributed by atoms with Crippen LogP contribution in [0.5, 0.6) is 0 Å². The third kappa shape index (κ3) is 3.72. The van der Waals surface area contributed by atoms with E-state index in [4.69, 9.17) is 16.7 Å². The van der Waals surface area contributed by atoms with Crippen LogP contribution in [0, 0.1) is 12.7 Å². The molecule has 0 bridgehead atoms. The van der Waals surface area contributed by atoms with Crippen molar-refractivity contribution in [3.8, 4) is 0 Å². The minimum absolute atomic E-state index is 0.0408. The Labute approximate surface area is 127 Å². The summed E-state index contributed by atoms with van der Waals surface area (Å²) in [5.41, 5.74) is 1.47. The zero-order chi connectivity index (χ0) is 15.6. The SMILES string of the molecule is Cc1ccc(NCc2cccc(Cl)c2F)cc1S(N)(=O)=O. The lowest BCUT2D eigenvalue weighted by molar-refractivity contribution is 0.597. The van der Waals surface area contributed by atoms with Crippen LogP contribution in [0.15, 0.2) is 41.3 Å². The molecule has 0 saturated carbocycles. The van der Waals surface area contributed by atoms with Gasteiger partial charge in [0.1, 0.15) is 5.82 Å². The Hall–Kier alpha value is -1.63. The molecule has 0 unspecified atom stereocenters. The number of nitrogens with two attached hydrogens (primary N) is 1. The number of halogens is 2. The Bertz CT molecular complexity index is 779. The van der Waals surface area contributed by atoms with Crippen molar-refractivity contribution in [2.45, 2.75) is 18.4 Å². The first kappa shape index (κ1) is 15.8. The zero-order valence-corrected chi connectivity index (χ0v) is 12.8. The predicted molar refractivity (Wildman–Crippen MR) is 81.3 cm³/mol. The van der Waals surface area contributed by atoms with Crippen LogP contribution in [0.2, 0.25) is 5.02 Å². The van der Waals surface area contributed by atoms with Gasteiger partial charge in [-0.25, -0.2) is 17.9 Å². The fourth-order valence-electron chi connectivity index (χ4n) is 1.90. The van der Waals surface area contributed by atoms with Crippen LogP contribution in [0.4, 0.5) is 10.1 Å². The summed E-state index contributed by atoms with van der Waals surface area (Å²) in [5, 5.41) is 8.14. The number of hydrogen-bond donors (Lipinski definition) is 2. The Morgan fingerprint density at radius 3 is 2.67 bits per heavy atom. The largest absolute Gasteiger partial charge is 0.381 e. The van der Waals surface area contributed by atoms with Gasteiger partial charge in [0, 0.05) is 17.8 Å². The van der Waals surface area contributed by atoms with E-state index in [9.17, 15) is 12.8 Å². The van der Waals surface area contributed by atoms with Gasteiger partial charge in [-0.05, 0) is 30.7 Å². The van der Waals surface area contributed by atoms with Gasteiger partial charge >= 0.3 is 0 Å². The van der Waals surface area contributed by atoms with Crippen molar-refractivity contribution in [1.29, 1.82) is 0 Å². The second-order valence-corrected chi connectivity index (χ2v) is 6.53. The summed E-state index contributed by atoms with van der Waals surface area (Å²) in [6, 6.07) is 9.47. The Kier molecular flexibility index (Phi) is 4.51. The first-order chi connectivity index (χ1) is 9.79. The lowest BCUT2D eigenvalue weighted by Crippen LogP contribution is -2.14. The molecule has 0 saturated heterocycles. The maximum absolute atomic E-state index is 13.7. The van der Waals surface area contributed by atoms with Crippen LogP contribution in [-0.2, 0) is 16.6 Å². The molecule has 112 valence electrons. The molecule has 7 heteroatoms. The summed E-state index contributed by atoms with van der Waals surface area (Å²) >= 11 is 5.70. The number of rotatable bonds is 4. The van der Waals surface area contributed by atoms with Crippen LogP contribution in [0.3, 0.4) is 0 Å². The molecule has 2 rings (SSSR count). The molecule has 3 N–H and O–H groups in total. The van der Waals surface area contributed by atoms with Crippen LogP contribution in [0.1, 0.15) is 11.1 Å². The summed E-state index contributed by atoms with van der Waals surface area (Å²) in [6.45, 7) is 1.83. The lowest BCUT2D eigenvalue weighted by atomic mass is 10.2. The molecular weight excluding hydrogens is 315 g/mol. The van der Waals surface area contributed by atoms with Crippen molar-refractivity contribution in [2.24, 2.45) is 5.14 Å². The van der Waals surface area contributed by atoms with E-state index in [2.05, 4.69) is 5.32 Å². The van der Waals surface area contributed by atoms with Crippen LogP contribution >= 0.6 is 11.6 Å². The van der Waals surface area contributed by atoms with Crippen LogP contribution < -0.4 is 10.5 Å². The molecule has 0 aliphatic heterocycles. The maximum atomic E-state index is 13.7. The molecule has 0 aliphatic rings. The number of sulfonamides is 1. The lowest BCUT2D eigenvalue weighted by Gasteiger charge is -2.10. The molecule has 0 aliphatic carbocycles. The number of nitrogens with one attached hydrogen (secondary N) is 1. The molecule has 0 amide bonds. The van der Waals surface area contributed by atoms with Gasteiger partial charge in [0.2, 0.25) is 10.0 Å². The van der Waals surface area contributed by atoms with E-state index < -0.39 is 15.8 Å². The monoisotopic (exact) mass is 328 g/mol. The van der Waals surface area contributed by atoms with Crippen molar-refractivity contribution in [1.82, 2.24) is 0 Å². The fraction of sp³-hybridized carbons (Fsp3) is 0.143. The van der Waals surface area contributed by atoms with E-state index in [0.717, 1.165) is 0 Å². The molecule has 21 heavy (non-hydrogen) atoms. The van der Waals surface area contributed by atoms with E-state index in [-0.39, 0.29) is 16.5 Å². The van der Waals surface area contributed by atoms with Crippen molar-refractivity contribution in [3.63, 3.8) is 0 Å². The topological polar surface area (TPSA) is 72.2 Å². The third-order valence-corrected chi connectivity index (χ3v) is 4.35. The van der Waals surface area contributed by atoms with Gasteiger partial charge in [-0.2, -0.15) is 0 Å². The molecule has 0 atom stereocenters. The fourth-order valence-corrected chi connectivity index (χ4v) is 2.90. The molecule has 0 aromatic heterocycles. The Morgan fingerprint density at radius 2 is 2.00 bits per heavy atom. The number of aryl methyl sites for hydroxylation is 1. The number of anilines is 1. The molecule has 2 aromatic rings. The normalized spacial score (nSPS) is 11.4. The summed E-state index contributed by atoms with van der Waals surface area (Å²) in [6.07, 6.45) is 0. The van der Waals surface area contributed by atoms with Gasteiger partial charge in [0.05, 0.1) is 9.92 Å². The summed E-state index contributed by atoms with van der Waals surface area (Å²) < 4.78 is 36.7. The van der Waals surface area contributed by atoms with E-state index in [0.29, 0.717) is 16.8 Å². The summed E-state index contributed by atoms with van der Waals surface area (Å²) in [7, 11) is -3.79. The number of hydrogen-bond acceptors (Lipinski definition) is 3. The molecular formula is C14H14ClFN2O2S. The maximum Gasteiger partial charge on any atom is 0.238 e. The molecule has 0 radical (unpaired) electrons. The highest BCUT2D eigenvalue weighted by Crippen LogP contribution is 2.21. The number of benzene rings is 2. The molecule has 0 heterocycles. The van der Waals surface area contributed by atoms with Gasteiger partial charge in [0.15, 0.2) is 0 Å². The standard InChI is InChI=1S/C14H14ClFN2O2S/c1-9-5-6-11(7-13(9)21(17,19)20)18-8-10-3-2-4-12(15)14(10)16/h2-7,18H,8H2,1H3,(H2,17,19,20). The first-order valence-electron chi connectivity index (χ1n) is 6.09. The first-order valence-corrected chi connectivity index (χ1v) is 8.01. The Morgan fingerprint density at radius 1 is 1.29 bits per heavy atom. The highest BCUT2D eigenvalue weighted by Gasteiger charge is 2.12. The van der Waals surface area contributed by atoms with Gasteiger partial charge in [-0.3, -0.25) is 0 Å². The second-order valence-electron chi connectivity index (χ2n) is 4.59. The minimum Gasteiger partial charge on any atom is -0.381 e. The van der Waals surface area contributed by atoms with Gasteiger partial charge < -0.3 is 5.32 Å². The van der Waals surface area contributed by atoms with Gasteiger partial charge in [-0.15, -0.1) is 0 Å². The average molecular weight is 329 g/mol.